The van der Waals surface area contributed by atoms with Crippen LogP contribution in [0.25, 0.3) is 0 Å². The summed E-state index contributed by atoms with van der Waals surface area (Å²) in [4.78, 5) is -0.0445. The first-order valence-corrected chi connectivity index (χ1v) is 14.0. The van der Waals surface area contributed by atoms with Gasteiger partial charge in [0.2, 0.25) is 0 Å². The summed E-state index contributed by atoms with van der Waals surface area (Å²) in [5, 5.41) is 0. The maximum absolute atomic E-state index is 11.3. The van der Waals surface area contributed by atoms with Crippen molar-refractivity contribution in [1.82, 2.24) is 0 Å². The van der Waals surface area contributed by atoms with E-state index in [1.165, 1.54) is 109 Å². The molecule has 0 unspecified atom stereocenters. The van der Waals surface area contributed by atoms with Gasteiger partial charge in [-0.3, -0.25) is 0 Å². The predicted molar refractivity (Wildman–Crippen MR) is 127 cm³/mol. The minimum absolute atomic E-state index is 0. The molecule has 1 rings (SSSR count). The molecule has 0 aliphatic heterocycles. The van der Waals surface area contributed by atoms with E-state index in [2.05, 4.69) is 6.92 Å². The van der Waals surface area contributed by atoms with E-state index < -0.39 is 10.1 Å². The molecule has 0 saturated heterocycles. The second-order valence-electron chi connectivity index (χ2n) is 8.82. The normalized spacial score (nSPS) is 11.4. The first-order chi connectivity index (χ1) is 14.6. The molecule has 3 nitrogen and oxygen atoms in total. The summed E-state index contributed by atoms with van der Waals surface area (Å²) in [7, 11) is -4.36. The SMILES string of the molecule is CCCCCCCCCCCCCCCCCCCCc1ccccc1S(=O)(=O)[O-].[Na+]. The van der Waals surface area contributed by atoms with E-state index in [4.69, 9.17) is 0 Å². The van der Waals surface area contributed by atoms with E-state index in [1.807, 2.05) is 0 Å². The van der Waals surface area contributed by atoms with Crippen molar-refractivity contribution in [2.24, 2.45) is 0 Å². The maximum Gasteiger partial charge on any atom is 1.00 e. The summed E-state index contributed by atoms with van der Waals surface area (Å²) in [5.41, 5.74) is 0.670. The molecule has 174 valence electrons. The summed E-state index contributed by atoms with van der Waals surface area (Å²) >= 11 is 0. The van der Waals surface area contributed by atoms with Crippen molar-refractivity contribution in [3.63, 3.8) is 0 Å². The molecular weight excluding hydrogens is 415 g/mol. The van der Waals surface area contributed by atoms with Crippen LogP contribution in [-0.2, 0) is 16.5 Å². The summed E-state index contributed by atoms with van der Waals surface area (Å²) in [6.07, 6.45) is 24.7. The molecule has 0 aliphatic rings. The topological polar surface area (TPSA) is 57.2 Å². The van der Waals surface area contributed by atoms with Gasteiger partial charge in [-0.25, -0.2) is 8.42 Å². The Kier molecular flexibility index (Phi) is 20.8. The smallest absolute Gasteiger partial charge is 0.744 e. The zero-order chi connectivity index (χ0) is 21.9. The third-order valence-corrected chi connectivity index (χ3v) is 6.98. The summed E-state index contributed by atoms with van der Waals surface area (Å²) < 4.78 is 33.9. The predicted octanol–water partition coefficient (Wildman–Crippen LogP) is 5.18. The Balaban J connectivity index is 0.00000900. The Morgan fingerprint density at radius 3 is 1.35 bits per heavy atom. The molecule has 1 aromatic rings. The summed E-state index contributed by atoms with van der Waals surface area (Å²) in [6.45, 7) is 2.28. The van der Waals surface area contributed by atoms with Crippen LogP contribution in [-0.4, -0.2) is 13.0 Å². The Bertz CT molecular complexity index is 631. The van der Waals surface area contributed by atoms with Gasteiger partial charge >= 0.3 is 29.6 Å². The van der Waals surface area contributed by atoms with Gasteiger partial charge in [0.25, 0.3) is 0 Å². The van der Waals surface area contributed by atoms with Gasteiger partial charge in [0.05, 0.1) is 4.90 Å². The second-order valence-corrected chi connectivity index (χ2v) is 10.2. The van der Waals surface area contributed by atoms with Crippen molar-refractivity contribution in [3.05, 3.63) is 29.8 Å². The zero-order valence-electron chi connectivity index (χ0n) is 20.4. The zero-order valence-corrected chi connectivity index (χ0v) is 23.2. The molecule has 0 N–H and O–H groups in total. The van der Waals surface area contributed by atoms with Gasteiger partial charge in [0.15, 0.2) is 0 Å². The molecule has 0 fully saturated rings. The minimum atomic E-state index is -4.36. The molecule has 0 bridgehead atoms. The molecular formula is C26H45NaO3S. The van der Waals surface area contributed by atoms with E-state index in [0.29, 0.717) is 12.0 Å². The Labute approximate surface area is 215 Å². The van der Waals surface area contributed by atoms with Crippen LogP contribution in [0.5, 0.6) is 0 Å². The molecule has 0 spiro atoms. The van der Waals surface area contributed by atoms with Crippen molar-refractivity contribution in [1.29, 1.82) is 0 Å². The first kappa shape index (κ1) is 31.1. The molecule has 0 heterocycles. The summed E-state index contributed by atoms with van der Waals surface area (Å²) in [6, 6.07) is 6.60. The number of aryl methyl sites for hydroxylation is 1. The number of rotatable bonds is 20. The van der Waals surface area contributed by atoms with Gasteiger partial charge in [-0.2, -0.15) is 0 Å². The standard InChI is InChI=1S/C26H46O3S.Na/c1-2-3-4-5-6-7-8-9-10-11-12-13-14-15-16-17-18-19-22-25-23-20-21-24-26(25)30(27,28)29;/h20-21,23-24H,2-19,22H2,1H3,(H,27,28,29);/q;+1/p-1. The molecule has 0 aliphatic carbocycles. The number of benzene rings is 1. The third kappa shape index (κ3) is 17.3. The van der Waals surface area contributed by atoms with Gasteiger partial charge in [-0.05, 0) is 24.5 Å². The van der Waals surface area contributed by atoms with Crippen molar-refractivity contribution < 1.29 is 42.5 Å². The molecule has 1 aromatic carbocycles. The third-order valence-electron chi connectivity index (χ3n) is 6.04. The quantitative estimate of drug-likeness (QED) is 0.153. The monoisotopic (exact) mass is 460 g/mol. The van der Waals surface area contributed by atoms with Crippen molar-refractivity contribution in [3.8, 4) is 0 Å². The van der Waals surface area contributed by atoms with Gasteiger partial charge in [0, 0.05) is 0 Å². The Hall–Kier alpha value is 0.130. The minimum Gasteiger partial charge on any atom is -0.744 e. The number of unbranched alkanes of at least 4 members (excludes halogenated alkanes) is 17. The molecule has 0 aromatic heterocycles. The van der Waals surface area contributed by atoms with Crippen LogP contribution < -0.4 is 29.6 Å². The molecule has 31 heavy (non-hydrogen) atoms. The fraction of sp³-hybridized carbons (Fsp3) is 0.769. The van der Waals surface area contributed by atoms with E-state index in [9.17, 15) is 13.0 Å². The van der Waals surface area contributed by atoms with Crippen LogP contribution in [0.1, 0.15) is 128 Å². The fourth-order valence-electron chi connectivity index (χ4n) is 4.17. The van der Waals surface area contributed by atoms with Crippen molar-refractivity contribution >= 4 is 10.1 Å². The van der Waals surface area contributed by atoms with E-state index in [1.54, 1.807) is 18.2 Å². The Morgan fingerprint density at radius 2 is 0.968 bits per heavy atom. The molecule has 0 radical (unpaired) electrons. The maximum atomic E-state index is 11.3. The van der Waals surface area contributed by atoms with E-state index in [-0.39, 0.29) is 34.5 Å². The van der Waals surface area contributed by atoms with Gasteiger partial charge in [-0.15, -0.1) is 0 Å². The van der Waals surface area contributed by atoms with Crippen LogP contribution in [0.2, 0.25) is 0 Å². The average molecular weight is 461 g/mol. The van der Waals surface area contributed by atoms with Gasteiger partial charge < -0.3 is 4.55 Å². The van der Waals surface area contributed by atoms with Crippen molar-refractivity contribution in [2.75, 3.05) is 0 Å². The van der Waals surface area contributed by atoms with Crippen LogP contribution in [0, 0.1) is 0 Å². The molecule has 0 saturated carbocycles. The van der Waals surface area contributed by atoms with Gasteiger partial charge in [-0.1, -0.05) is 134 Å². The van der Waals surface area contributed by atoms with Crippen LogP contribution in [0.3, 0.4) is 0 Å². The average Bonchev–Trinajstić information content (AvgIpc) is 2.72. The van der Waals surface area contributed by atoms with Crippen LogP contribution >= 0.6 is 0 Å². The van der Waals surface area contributed by atoms with Gasteiger partial charge in [0.1, 0.15) is 10.1 Å². The largest absolute Gasteiger partial charge is 1.00 e. The molecule has 5 heteroatoms. The number of hydrogen-bond acceptors (Lipinski definition) is 3. The first-order valence-electron chi connectivity index (χ1n) is 12.6. The van der Waals surface area contributed by atoms with Crippen molar-refractivity contribution in [2.45, 2.75) is 134 Å². The van der Waals surface area contributed by atoms with E-state index >= 15 is 0 Å². The molecule has 0 amide bonds. The summed E-state index contributed by atoms with van der Waals surface area (Å²) in [5.74, 6) is 0. The number of hydrogen-bond donors (Lipinski definition) is 0. The van der Waals surface area contributed by atoms with Crippen LogP contribution in [0.15, 0.2) is 29.2 Å². The molecule has 0 atom stereocenters. The fourth-order valence-corrected chi connectivity index (χ4v) is 4.91. The second kappa shape index (κ2) is 20.7. The van der Waals surface area contributed by atoms with Crippen LogP contribution in [0.4, 0.5) is 0 Å². The Morgan fingerprint density at radius 1 is 0.613 bits per heavy atom. The van der Waals surface area contributed by atoms with E-state index in [0.717, 1.165) is 12.8 Å².